The van der Waals surface area contributed by atoms with E-state index < -0.39 is 0 Å². The van der Waals surface area contributed by atoms with Crippen molar-refractivity contribution in [1.82, 2.24) is 9.55 Å². The molecular formula is C23H21FN2O. The third kappa shape index (κ3) is 3.13. The highest BCUT2D eigenvalue weighted by Crippen LogP contribution is 2.34. The molecule has 4 heteroatoms. The summed E-state index contributed by atoms with van der Waals surface area (Å²) in [5.41, 5.74) is 6.25. The van der Waals surface area contributed by atoms with Gasteiger partial charge in [0.15, 0.2) is 0 Å². The van der Waals surface area contributed by atoms with Crippen LogP contribution in [0.1, 0.15) is 22.4 Å². The Hall–Kier alpha value is -2.98. The smallest absolute Gasteiger partial charge is 0.141 e. The molecule has 0 aliphatic rings. The van der Waals surface area contributed by atoms with E-state index in [1.807, 2.05) is 29.8 Å². The Labute approximate surface area is 157 Å². The first kappa shape index (κ1) is 17.4. The molecule has 2 aromatic carbocycles. The first-order valence-electron chi connectivity index (χ1n) is 8.98. The number of rotatable bonds is 4. The zero-order chi connectivity index (χ0) is 19.0. The first-order chi connectivity index (χ1) is 13.1. The van der Waals surface area contributed by atoms with Gasteiger partial charge in [0.1, 0.15) is 11.5 Å². The minimum Gasteiger partial charge on any atom is -0.392 e. The normalized spacial score (nSPS) is 11.3. The molecule has 3 nitrogen and oxygen atoms in total. The molecule has 0 amide bonds. The van der Waals surface area contributed by atoms with Gasteiger partial charge in [0.2, 0.25) is 0 Å². The fourth-order valence-corrected chi connectivity index (χ4v) is 3.53. The van der Waals surface area contributed by atoms with Crippen LogP contribution in [0.3, 0.4) is 0 Å². The van der Waals surface area contributed by atoms with E-state index in [4.69, 9.17) is 4.98 Å². The van der Waals surface area contributed by atoms with E-state index in [0.717, 1.165) is 33.4 Å². The maximum Gasteiger partial charge on any atom is 0.141 e. The van der Waals surface area contributed by atoms with Crippen molar-refractivity contribution in [2.45, 2.75) is 27.0 Å². The molecule has 27 heavy (non-hydrogen) atoms. The lowest BCUT2D eigenvalue weighted by Crippen LogP contribution is -2.04. The number of pyridine rings is 1. The largest absolute Gasteiger partial charge is 0.392 e. The second-order valence-corrected chi connectivity index (χ2v) is 6.85. The molecule has 0 aliphatic carbocycles. The van der Waals surface area contributed by atoms with Crippen LogP contribution < -0.4 is 0 Å². The van der Waals surface area contributed by atoms with Crippen LogP contribution in [-0.4, -0.2) is 14.7 Å². The second-order valence-electron chi connectivity index (χ2n) is 6.85. The Balaban J connectivity index is 1.91. The fraction of sp³-hybridized carbons (Fsp3) is 0.174. The highest BCUT2D eigenvalue weighted by atomic mass is 19.1. The average Bonchev–Trinajstić information content (AvgIpc) is 3.05. The Kier molecular flexibility index (Phi) is 4.50. The molecule has 0 radical (unpaired) electrons. The van der Waals surface area contributed by atoms with Gasteiger partial charge in [-0.25, -0.2) is 9.37 Å². The molecule has 4 aromatic rings. The fourth-order valence-electron chi connectivity index (χ4n) is 3.53. The number of aryl methyl sites for hydroxylation is 2. The highest BCUT2D eigenvalue weighted by molar-refractivity contribution is 5.95. The van der Waals surface area contributed by atoms with Gasteiger partial charge >= 0.3 is 0 Å². The number of nitrogens with zero attached hydrogens (tertiary/aromatic N) is 2. The van der Waals surface area contributed by atoms with Crippen LogP contribution >= 0.6 is 0 Å². The van der Waals surface area contributed by atoms with E-state index in [1.165, 1.54) is 11.6 Å². The van der Waals surface area contributed by atoms with Crippen molar-refractivity contribution in [3.8, 4) is 11.1 Å². The zero-order valence-corrected chi connectivity index (χ0v) is 15.4. The summed E-state index contributed by atoms with van der Waals surface area (Å²) in [5.74, 6) is -0.221. The molecule has 2 aromatic heterocycles. The molecular weight excluding hydrogens is 339 g/mol. The monoisotopic (exact) mass is 360 g/mol. The van der Waals surface area contributed by atoms with Gasteiger partial charge in [0.25, 0.3) is 0 Å². The van der Waals surface area contributed by atoms with E-state index in [-0.39, 0.29) is 12.4 Å². The summed E-state index contributed by atoms with van der Waals surface area (Å²) in [6.07, 6.45) is 1.93. The number of aromatic nitrogens is 2. The number of hydrogen-bond acceptors (Lipinski definition) is 2. The van der Waals surface area contributed by atoms with Gasteiger partial charge in [-0.2, -0.15) is 0 Å². The molecule has 136 valence electrons. The van der Waals surface area contributed by atoms with Gasteiger partial charge in [0, 0.05) is 28.4 Å². The Morgan fingerprint density at radius 2 is 1.74 bits per heavy atom. The van der Waals surface area contributed by atoms with E-state index in [0.29, 0.717) is 12.1 Å². The van der Waals surface area contributed by atoms with E-state index in [9.17, 15) is 9.50 Å². The minimum atomic E-state index is -0.221. The van der Waals surface area contributed by atoms with Gasteiger partial charge in [-0.1, -0.05) is 48.0 Å². The molecule has 0 aliphatic heterocycles. The van der Waals surface area contributed by atoms with Crippen molar-refractivity contribution < 1.29 is 9.50 Å². The number of fused-ring (bicyclic) bond motifs is 1. The van der Waals surface area contributed by atoms with Crippen LogP contribution in [0, 0.1) is 19.7 Å². The summed E-state index contributed by atoms with van der Waals surface area (Å²) in [5, 5.41) is 10.9. The van der Waals surface area contributed by atoms with Crippen molar-refractivity contribution in [1.29, 1.82) is 0 Å². The third-order valence-corrected chi connectivity index (χ3v) is 5.01. The molecule has 2 heterocycles. The number of hydrogen-bond donors (Lipinski definition) is 1. The molecule has 0 bridgehead atoms. The van der Waals surface area contributed by atoms with Gasteiger partial charge in [-0.15, -0.1) is 0 Å². The minimum absolute atomic E-state index is 0.0729. The van der Waals surface area contributed by atoms with Crippen LogP contribution in [0.25, 0.3) is 22.2 Å². The number of aliphatic hydroxyl groups is 1. The number of aliphatic hydroxyl groups excluding tert-OH is 1. The summed E-state index contributed by atoms with van der Waals surface area (Å²) in [6.45, 7) is 4.29. The summed E-state index contributed by atoms with van der Waals surface area (Å²) in [7, 11) is 0. The third-order valence-electron chi connectivity index (χ3n) is 5.01. The van der Waals surface area contributed by atoms with E-state index in [2.05, 4.69) is 31.2 Å². The first-order valence-corrected chi connectivity index (χ1v) is 8.98. The van der Waals surface area contributed by atoms with Gasteiger partial charge in [-0.3, -0.25) is 0 Å². The maximum atomic E-state index is 14.1. The Bertz CT molecular complexity index is 1110. The summed E-state index contributed by atoms with van der Waals surface area (Å²) < 4.78 is 16.1. The van der Waals surface area contributed by atoms with E-state index in [1.54, 1.807) is 12.1 Å². The summed E-state index contributed by atoms with van der Waals surface area (Å²) in [4.78, 5) is 4.72. The van der Waals surface area contributed by atoms with Crippen LogP contribution in [0.5, 0.6) is 0 Å². The molecule has 0 unspecified atom stereocenters. The number of halogens is 1. The highest BCUT2D eigenvalue weighted by Gasteiger charge is 2.17. The molecule has 0 saturated carbocycles. The Morgan fingerprint density at radius 1 is 1.00 bits per heavy atom. The lowest BCUT2D eigenvalue weighted by atomic mass is 9.96. The molecule has 0 spiro atoms. The standard InChI is InChI=1S/C23H21FN2O/c1-15-7-9-17(10-8-15)22-19-11-12-26(13-18-5-3-4-6-21(18)24)23(19)25-16(2)20(22)14-27/h3-12,27H,13-14H2,1-2H3. The van der Waals surface area contributed by atoms with Crippen molar-refractivity contribution in [2.24, 2.45) is 0 Å². The summed E-state index contributed by atoms with van der Waals surface area (Å²) in [6, 6.07) is 17.0. The SMILES string of the molecule is Cc1ccc(-c2c(CO)c(C)nc3c2ccn3Cc2ccccc2F)cc1. The van der Waals surface area contributed by atoms with Gasteiger partial charge in [-0.05, 0) is 37.1 Å². The average molecular weight is 360 g/mol. The maximum absolute atomic E-state index is 14.1. The lowest BCUT2D eigenvalue weighted by Gasteiger charge is -2.14. The van der Waals surface area contributed by atoms with Crippen molar-refractivity contribution in [3.05, 3.63) is 89.0 Å². The quantitative estimate of drug-likeness (QED) is 0.556. The number of benzene rings is 2. The van der Waals surface area contributed by atoms with E-state index >= 15 is 0 Å². The summed E-state index contributed by atoms with van der Waals surface area (Å²) >= 11 is 0. The Morgan fingerprint density at radius 3 is 2.44 bits per heavy atom. The van der Waals surface area contributed by atoms with Crippen LogP contribution in [0.15, 0.2) is 60.8 Å². The van der Waals surface area contributed by atoms with Crippen LogP contribution in [0.2, 0.25) is 0 Å². The molecule has 0 atom stereocenters. The predicted octanol–water partition coefficient (Wildman–Crippen LogP) is 5.00. The van der Waals surface area contributed by atoms with Crippen LogP contribution in [-0.2, 0) is 13.2 Å². The van der Waals surface area contributed by atoms with Gasteiger partial charge in [0.05, 0.1) is 13.2 Å². The lowest BCUT2D eigenvalue weighted by molar-refractivity contribution is 0.281. The molecule has 1 N–H and O–H groups in total. The van der Waals surface area contributed by atoms with Crippen LogP contribution in [0.4, 0.5) is 4.39 Å². The molecule has 4 rings (SSSR count). The van der Waals surface area contributed by atoms with Crippen molar-refractivity contribution in [2.75, 3.05) is 0 Å². The molecule has 0 saturated heterocycles. The predicted molar refractivity (Wildman–Crippen MR) is 106 cm³/mol. The topological polar surface area (TPSA) is 38.1 Å². The van der Waals surface area contributed by atoms with Gasteiger partial charge < -0.3 is 9.67 Å². The zero-order valence-electron chi connectivity index (χ0n) is 15.4. The second kappa shape index (κ2) is 6.97. The van der Waals surface area contributed by atoms with Crippen molar-refractivity contribution >= 4 is 11.0 Å². The molecule has 0 fully saturated rings. The van der Waals surface area contributed by atoms with Crippen molar-refractivity contribution in [3.63, 3.8) is 0 Å².